The van der Waals surface area contributed by atoms with Crippen molar-refractivity contribution in [2.75, 3.05) is 4.90 Å². The standard InChI is InChI=1S/C23H23NO2/c1-13-7-6-8-14(2)21(13)24-22(25)19-16-11-17(15-9-4-3-5-10-15)18(12-16)20(19)23(24)26/h3-10,16-20H,11-12H2,1-2H3/t16-,17+,18+,19+,20+/m0/s1. The van der Waals surface area contributed by atoms with Crippen molar-refractivity contribution in [3.8, 4) is 0 Å². The predicted octanol–water partition coefficient (Wildman–Crippen LogP) is 4.23. The number of hydrogen-bond acceptors (Lipinski definition) is 2. The molecule has 2 amide bonds. The van der Waals surface area contributed by atoms with Crippen molar-refractivity contribution >= 4 is 17.5 Å². The molecular weight excluding hydrogens is 322 g/mol. The number of amides is 2. The van der Waals surface area contributed by atoms with Crippen LogP contribution < -0.4 is 4.90 Å². The summed E-state index contributed by atoms with van der Waals surface area (Å²) in [6, 6.07) is 16.5. The molecule has 5 rings (SSSR count). The molecule has 3 nitrogen and oxygen atoms in total. The number of fused-ring (bicyclic) bond motifs is 5. The van der Waals surface area contributed by atoms with E-state index in [1.54, 1.807) is 0 Å². The molecule has 1 aliphatic heterocycles. The van der Waals surface area contributed by atoms with Crippen LogP contribution in [0.1, 0.15) is 35.4 Å². The van der Waals surface area contributed by atoms with E-state index in [0.717, 1.165) is 29.7 Å². The molecule has 3 fully saturated rings. The molecule has 2 aromatic rings. The first-order valence-corrected chi connectivity index (χ1v) is 9.57. The van der Waals surface area contributed by atoms with Crippen LogP contribution in [0.2, 0.25) is 0 Å². The van der Waals surface area contributed by atoms with Crippen molar-refractivity contribution in [1.82, 2.24) is 0 Å². The van der Waals surface area contributed by atoms with Gasteiger partial charge in [0.25, 0.3) is 0 Å². The fraction of sp³-hybridized carbons (Fsp3) is 0.391. The number of carbonyl (C=O) groups excluding carboxylic acids is 2. The zero-order valence-corrected chi connectivity index (χ0v) is 15.2. The zero-order chi connectivity index (χ0) is 18.0. The first-order chi connectivity index (χ1) is 12.6. The number of carbonyl (C=O) groups is 2. The Morgan fingerprint density at radius 3 is 2.15 bits per heavy atom. The summed E-state index contributed by atoms with van der Waals surface area (Å²) < 4.78 is 0. The maximum Gasteiger partial charge on any atom is 0.238 e. The van der Waals surface area contributed by atoms with Crippen LogP contribution >= 0.6 is 0 Å². The van der Waals surface area contributed by atoms with Gasteiger partial charge in [0.2, 0.25) is 11.8 Å². The summed E-state index contributed by atoms with van der Waals surface area (Å²) in [7, 11) is 0. The van der Waals surface area contributed by atoms with E-state index in [0.29, 0.717) is 17.8 Å². The Morgan fingerprint density at radius 2 is 1.46 bits per heavy atom. The Hall–Kier alpha value is -2.42. The largest absolute Gasteiger partial charge is 0.274 e. The lowest BCUT2D eigenvalue weighted by atomic mass is 9.73. The van der Waals surface area contributed by atoms with Gasteiger partial charge in [0.1, 0.15) is 0 Å². The summed E-state index contributed by atoms with van der Waals surface area (Å²) in [6.45, 7) is 3.97. The molecule has 1 saturated heterocycles. The molecule has 0 N–H and O–H groups in total. The molecular formula is C23H23NO2. The molecule has 0 spiro atoms. The summed E-state index contributed by atoms with van der Waals surface area (Å²) >= 11 is 0. The molecule has 0 radical (unpaired) electrons. The van der Waals surface area contributed by atoms with Gasteiger partial charge in [-0.05, 0) is 61.1 Å². The normalized spacial score (nSPS) is 32.4. The minimum absolute atomic E-state index is 0.0329. The van der Waals surface area contributed by atoms with Gasteiger partial charge in [0.05, 0.1) is 17.5 Å². The summed E-state index contributed by atoms with van der Waals surface area (Å²) in [6.07, 6.45) is 2.06. The van der Waals surface area contributed by atoms with E-state index < -0.39 is 0 Å². The number of imide groups is 1. The van der Waals surface area contributed by atoms with Crippen LogP contribution in [0.3, 0.4) is 0 Å². The number of hydrogen-bond donors (Lipinski definition) is 0. The van der Waals surface area contributed by atoms with Gasteiger partial charge in [-0.25, -0.2) is 4.90 Å². The van der Waals surface area contributed by atoms with Crippen LogP contribution in [0.5, 0.6) is 0 Å². The number of anilines is 1. The fourth-order valence-corrected chi connectivity index (χ4v) is 5.92. The lowest BCUT2D eigenvalue weighted by Crippen LogP contribution is -2.34. The minimum Gasteiger partial charge on any atom is -0.274 e. The van der Waals surface area contributed by atoms with E-state index in [1.807, 2.05) is 38.1 Å². The van der Waals surface area contributed by atoms with E-state index in [2.05, 4.69) is 24.3 Å². The molecule has 2 aliphatic carbocycles. The average Bonchev–Trinajstić information content (AvgIpc) is 3.29. The third-order valence-electron chi connectivity index (χ3n) is 6.91. The number of benzene rings is 2. The smallest absolute Gasteiger partial charge is 0.238 e. The second kappa shape index (κ2) is 5.54. The van der Waals surface area contributed by atoms with Gasteiger partial charge in [0, 0.05) is 0 Å². The van der Waals surface area contributed by atoms with Crippen molar-refractivity contribution in [3.63, 3.8) is 0 Å². The summed E-state index contributed by atoms with van der Waals surface area (Å²) in [5.74, 6) is 0.898. The molecule has 132 valence electrons. The second-order valence-corrected chi connectivity index (χ2v) is 8.22. The maximum atomic E-state index is 13.4. The van der Waals surface area contributed by atoms with E-state index in [1.165, 1.54) is 10.5 Å². The lowest BCUT2D eigenvalue weighted by molar-refractivity contribution is -0.123. The molecule has 2 bridgehead atoms. The summed E-state index contributed by atoms with van der Waals surface area (Å²) in [4.78, 5) is 28.1. The van der Waals surface area contributed by atoms with Crippen LogP contribution in [-0.2, 0) is 9.59 Å². The van der Waals surface area contributed by atoms with E-state index >= 15 is 0 Å². The number of aryl methyl sites for hydroxylation is 2. The number of rotatable bonds is 2. The van der Waals surface area contributed by atoms with Crippen molar-refractivity contribution in [2.24, 2.45) is 23.7 Å². The Kier molecular flexibility index (Phi) is 3.37. The third kappa shape index (κ3) is 2.00. The van der Waals surface area contributed by atoms with Gasteiger partial charge < -0.3 is 0 Å². The fourth-order valence-electron chi connectivity index (χ4n) is 5.92. The summed E-state index contributed by atoms with van der Waals surface area (Å²) in [5.41, 5.74) is 4.13. The average molecular weight is 345 g/mol. The SMILES string of the molecule is Cc1cccc(C)c1N1C(=O)[C@@H]2[C@@H]3C[C@@H]([C@H]2C1=O)[C@@H](c1ccccc1)C3. The van der Waals surface area contributed by atoms with Gasteiger partial charge in [-0.3, -0.25) is 9.59 Å². The summed E-state index contributed by atoms with van der Waals surface area (Å²) in [5, 5.41) is 0. The van der Waals surface area contributed by atoms with Crippen molar-refractivity contribution in [2.45, 2.75) is 32.6 Å². The van der Waals surface area contributed by atoms with E-state index in [9.17, 15) is 9.59 Å². The van der Waals surface area contributed by atoms with Gasteiger partial charge in [-0.15, -0.1) is 0 Å². The Bertz CT molecular complexity index is 883. The highest BCUT2D eigenvalue weighted by Crippen LogP contribution is 2.62. The second-order valence-electron chi connectivity index (χ2n) is 8.22. The first-order valence-electron chi connectivity index (χ1n) is 9.57. The quantitative estimate of drug-likeness (QED) is 0.764. The van der Waals surface area contributed by atoms with Crippen molar-refractivity contribution in [1.29, 1.82) is 0 Å². The van der Waals surface area contributed by atoms with Gasteiger partial charge in [0.15, 0.2) is 0 Å². The Balaban J connectivity index is 1.53. The monoisotopic (exact) mass is 345 g/mol. The number of para-hydroxylation sites is 1. The van der Waals surface area contributed by atoms with E-state index in [-0.39, 0.29) is 23.7 Å². The van der Waals surface area contributed by atoms with Crippen molar-refractivity contribution < 1.29 is 9.59 Å². The number of nitrogens with zero attached hydrogens (tertiary/aromatic N) is 1. The predicted molar refractivity (Wildman–Crippen MR) is 101 cm³/mol. The topological polar surface area (TPSA) is 37.4 Å². The molecule has 2 aromatic carbocycles. The van der Waals surface area contributed by atoms with Crippen molar-refractivity contribution in [3.05, 3.63) is 65.2 Å². The van der Waals surface area contributed by atoms with Gasteiger partial charge in [-0.1, -0.05) is 48.5 Å². The Morgan fingerprint density at radius 1 is 0.808 bits per heavy atom. The lowest BCUT2D eigenvalue weighted by Gasteiger charge is -2.28. The molecule has 26 heavy (non-hydrogen) atoms. The zero-order valence-electron chi connectivity index (χ0n) is 15.2. The highest BCUT2D eigenvalue weighted by Gasteiger charge is 2.64. The molecule has 0 aromatic heterocycles. The molecule has 1 heterocycles. The van der Waals surface area contributed by atoms with Crippen LogP contribution in [0.15, 0.2) is 48.5 Å². The molecule has 5 atom stereocenters. The first kappa shape index (κ1) is 15.8. The highest BCUT2D eigenvalue weighted by atomic mass is 16.2. The van der Waals surface area contributed by atoms with Crippen LogP contribution in [0.25, 0.3) is 0 Å². The molecule has 3 heteroatoms. The molecule has 2 saturated carbocycles. The van der Waals surface area contributed by atoms with Gasteiger partial charge in [-0.2, -0.15) is 0 Å². The minimum atomic E-state index is -0.134. The maximum absolute atomic E-state index is 13.4. The van der Waals surface area contributed by atoms with E-state index in [4.69, 9.17) is 0 Å². The third-order valence-corrected chi connectivity index (χ3v) is 6.91. The van der Waals surface area contributed by atoms with Crippen LogP contribution in [0, 0.1) is 37.5 Å². The van der Waals surface area contributed by atoms with Crippen LogP contribution in [0.4, 0.5) is 5.69 Å². The Labute approximate surface area is 154 Å². The molecule has 3 aliphatic rings. The molecule has 0 unspecified atom stereocenters. The highest BCUT2D eigenvalue weighted by molar-refractivity contribution is 6.23. The van der Waals surface area contributed by atoms with Gasteiger partial charge >= 0.3 is 0 Å². The van der Waals surface area contributed by atoms with Crippen LogP contribution in [-0.4, -0.2) is 11.8 Å².